The maximum absolute atomic E-state index is 4.67. The molecule has 0 aliphatic heterocycles. The summed E-state index contributed by atoms with van der Waals surface area (Å²) in [6.45, 7) is 9.79. The van der Waals surface area contributed by atoms with Crippen molar-refractivity contribution in [2.24, 2.45) is 5.92 Å². The first-order valence-corrected chi connectivity index (χ1v) is 8.83. The number of nitrogens with zero attached hydrogens (tertiary/aromatic N) is 2. The Morgan fingerprint density at radius 1 is 1.19 bits per heavy atom. The lowest BCUT2D eigenvalue weighted by Gasteiger charge is -2.23. The van der Waals surface area contributed by atoms with Crippen molar-refractivity contribution in [1.29, 1.82) is 0 Å². The fourth-order valence-corrected chi connectivity index (χ4v) is 3.37. The molecule has 2 heterocycles. The Balaban J connectivity index is 2.26. The minimum Gasteiger partial charge on any atom is -0.367 e. The molecule has 0 bridgehead atoms. The van der Waals surface area contributed by atoms with Crippen molar-refractivity contribution in [1.82, 2.24) is 9.97 Å². The number of hydrogen-bond donors (Lipinski definition) is 2. The number of thiophene rings is 1. The molecule has 0 saturated heterocycles. The molecule has 0 saturated carbocycles. The van der Waals surface area contributed by atoms with Crippen LogP contribution in [0.1, 0.15) is 47.0 Å². The maximum Gasteiger partial charge on any atom is 0.226 e. The van der Waals surface area contributed by atoms with Gasteiger partial charge in [-0.05, 0) is 30.7 Å². The topological polar surface area (TPSA) is 49.8 Å². The lowest BCUT2D eigenvalue weighted by molar-refractivity contribution is 0.437. The molecule has 2 aromatic heterocycles. The van der Waals surface area contributed by atoms with Crippen LogP contribution in [0, 0.1) is 5.92 Å². The van der Waals surface area contributed by atoms with Crippen molar-refractivity contribution in [2.75, 3.05) is 17.2 Å². The van der Waals surface area contributed by atoms with Crippen molar-refractivity contribution in [2.45, 2.75) is 53.0 Å². The van der Waals surface area contributed by atoms with E-state index in [1.54, 1.807) is 11.3 Å². The molecule has 0 radical (unpaired) electrons. The van der Waals surface area contributed by atoms with Gasteiger partial charge in [-0.2, -0.15) is 4.98 Å². The molecule has 0 aromatic carbocycles. The van der Waals surface area contributed by atoms with Crippen LogP contribution >= 0.6 is 11.3 Å². The molecule has 21 heavy (non-hydrogen) atoms. The first-order chi connectivity index (χ1) is 10.2. The van der Waals surface area contributed by atoms with Crippen molar-refractivity contribution >= 4 is 33.3 Å². The van der Waals surface area contributed by atoms with Gasteiger partial charge in [-0.15, -0.1) is 11.3 Å². The van der Waals surface area contributed by atoms with E-state index in [4.69, 9.17) is 0 Å². The molecule has 1 atom stereocenters. The second-order valence-electron chi connectivity index (χ2n) is 5.47. The van der Waals surface area contributed by atoms with Crippen LogP contribution in [0.3, 0.4) is 0 Å². The molecule has 2 aromatic rings. The first-order valence-electron chi connectivity index (χ1n) is 7.95. The van der Waals surface area contributed by atoms with Gasteiger partial charge in [-0.3, -0.25) is 0 Å². The third kappa shape index (κ3) is 3.84. The first kappa shape index (κ1) is 16.0. The quantitative estimate of drug-likeness (QED) is 0.739. The van der Waals surface area contributed by atoms with Gasteiger partial charge >= 0.3 is 0 Å². The third-order valence-corrected chi connectivity index (χ3v) is 4.79. The second-order valence-corrected chi connectivity index (χ2v) is 6.37. The van der Waals surface area contributed by atoms with Crippen LogP contribution in [0.5, 0.6) is 0 Å². The van der Waals surface area contributed by atoms with E-state index in [0.717, 1.165) is 34.9 Å². The fraction of sp³-hybridized carbons (Fsp3) is 0.625. The maximum atomic E-state index is 4.67. The summed E-state index contributed by atoms with van der Waals surface area (Å²) in [5.41, 5.74) is 0. The van der Waals surface area contributed by atoms with Crippen LogP contribution in [0.25, 0.3) is 10.2 Å². The summed E-state index contributed by atoms with van der Waals surface area (Å²) >= 11 is 1.66. The van der Waals surface area contributed by atoms with Crippen LogP contribution in [0.4, 0.5) is 11.8 Å². The summed E-state index contributed by atoms with van der Waals surface area (Å²) in [5.74, 6) is 2.35. The Morgan fingerprint density at radius 3 is 2.62 bits per heavy atom. The number of fused-ring (bicyclic) bond motifs is 1. The van der Waals surface area contributed by atoms with Gasteiger partial charge in [-0.25, -0.2) is 4.98 Å². The van der Waals surface area contributed by atoms with Gasteiger partial charge in [-0.1, -0.05) is 33.6 Å². The zero-order valence-corrected chi connectivity index (χ0v) is 14.3. The molecule has 0 amide bonds. The average molecular weight is 306 g/mol. The molecule has 0 aliphatic rings. The summed E-state index contributed by atoms with van der Waals surface area (Å²) in [4.78, 5) is 10.3. The van der Waals surface area contributed by atoms with Crippen LogP contribution in [0.15, 0.2) is 11.4 Å². The highest BCUT2D eigenvalue weighted by Crippen LogP contribution is 2.28. The highest BCUT2D eigenvalue weighted by atomic mass is 32.1. The molecule has 2 rings (SSSR count). The van der Waals surface area contributed by atoms with E-state index in [1.165, 1.54) is 12.8 Å². The monoisotopic (exact) mass is 306 g/mol. The SMILES string of the molecule is CCCNc1nc(NC(C)C(CC)CC)c2ccsc2n1. The lowest BCUT2D eigenvalue weighted by atomic mass is 9.95. The van der Waals surface area contributed by atoms with Gasteiger partial charge in [0, 0.05) is 12.6 Å². The fourth-order valence-electron chi connectivity index (χ4n) is 2.61. The molecule has 4 nitrogen and oxygen atoms in total. The number of nitrogens with one attached hydrogen (secondary N) is 2. The zero-order chi connectivity index (χ0) is 15.2. The Morgan fingerprint density at radius 2 is 1.95 bits per heavy atom. The van der Waals surface area contributed by atoms with Crippen molar-refractivity contribution < 1.29 is 0 Å². The average Bonchev–Trinajstić information content (AvgIpc) is 2.95. The smallest absolute Gasteiger partial charge is 0.226 e. The minimum atomic E-state index is 0.414. The zero-order valence-electron chi connectivity index (χ0n) is 13.4. The summed E-state index contributed by atoms with van der Waals surface area (Å²) in [6.07, 6.45) is 3.44. The Kier molecular flexibility index (Phi) is 5.79. The number of aromatic nitrogens is 2. The second kappa shape index (κ2) is 7.59. The molecule has 0 aliphatic carbocycles. The number of hydrogen-bond acceptors (Lipinski definition) is 5. The Hall–Kier alpha value is -1.36. The Labute approximate surface area is 131 Å². The van der Waals surface area contributed by atoms with Crippen LogP contribution in [-0.4, -0.2) is 22.6 Å². The summed E-state index contributed by atoms with van der Waals surface area (Å²) in [6, 6.07) is 2.52. The predicted molar refractivity (Wildman–Crippen MR) is 93.4 cm³/mol. The van der Waals surface area contributed by atoms with E-state index in [0.29, 0.717) is 12.0 Å². The van der Waals surface area contributed by atoms with Crippen LogP contribution < -0.4 is 10.6 Å². The van der Waals surface area contributed by atoms with Gasteiger partial charge in [0.2, 0.25) is 5.95 Å². The molecule has 2 N–H and O–H groups in total. The molecule has 5 heteroatoms. The standard InChI is InChI=1S/C16H26N4S/c1-5-9-17-16-19-14(13-8-10-21-15(13)20-16)18-11(4)12(6-2)7-3/h8,10-12H,5-7,9H2,1-4H3,(H2,17,18,19,20). The van der Waals surface area contributed by atoms with E-state index < -0.39 is 0 Å². The predicted octanol–water partition coefficient (Wildman–Crippen LogP) is 4.75. The van der Waals surface area contributed by atoms with E-state index in [2.05, 4.69) is 59.7 Å². The van der Waals surface area contributed by atoms with Gasteiger partial charge in [0.1, 0.15) is 10.6 Å². The summed E-state index contributed by atoms with van der Waals surface area (Å²) in [7, 11) is 0. The number of rotatable bonds is 8. The van der Waals surface area contributed by atoms with E-state index >= 15 is 0 Å². The van der Waals surface area contributed by atoms with Crippen LogP contribution in [0.2, 0.25) is 0 Å². The minimum absolute atomic E-state index is 0.414. The molecule has 0 spiro atoms. The highest BCUT2D eigenvalue weighted by molar-refractivity contribution is 7.16. The Bertz CT molecular complexity index is 562. The van der Waals surface area contributed by atoms with Crippen molar-refractivity contribution in [3.63, 3.8) is 0 Å². The van der Waals surface area contributed by atoms with Gasteiger partial charge in [0.05, 0.1) is 5.39 Å². The molecule has 0 fully saturated rings. The summed E-state index contributed by atoms with van der Waals surface area (Å²) < 4.78 is 0. The largest absolute Gasteiger partial charge is 0.367 e. The van der Waals surface area contributed by atoms with E-state index in [9.17, 15) is 0 Å². The van der Waals surface area contributed by atoms with Gasteiger partial charge in [0.15, 0.2) is 0 Å². The van der Waals surface area contributed by atoms with Crippen molar-refractivity contribution in [3.05, 3.63) is 11.4 Å². The van der Waals surface area contributed by atoms with Crippen LogP contribution in [-0.2, 0) is 0 Å². The van der Waals surface area contributed by atoms with E-state index in [-0.39, 0.29) is 0 Å². The van der Waals surface area contributed by atoms with E-state index in [1.807, 2.05) is 0 Å². The third-order valence-electron chi connectivity index (χ3n) is 3.98. The van der Waals surface area contributed by atoms with Crippen molar-refractivity contribution in [3.8, 4) is 0 Å². The number of anilines is 2. The molecule has 1 unspecified atom stereocenters. The summed E-state index contributed by atoms with van der Waals surface area (Å²) in [5, 5.41) is 10.1. The van der Waals surface area contributed by atoms with Gasteiger partial charge in [0.25, 0.3) is 0 Å². The highest BCUT2D eigenvalue weighted by Gasteiger charge is 2.16. The molecular weight excluding hydrogens is 280 g/mol. The molecular formula is C16H26N4S. The van der Waals surface area contributed by atoms with Gasteiger partial charge < -0.3 is 10.6 Å². The molecule has 116 valence electrons. The normalized spacial score (nSPS) is 12.8. The lowest BCUT2D eigenvalue weighted by Crippen LogP contribution is -2.25.